The smallest absolute Gasteiger partial charge is 0.331 e. The van der Waals surface area contributed by atoms with E-state index >= 15 is 0 Å². The number of aromatic hydroxyl groups is 1. The van der Waals surface area contributed by atoms with Crippen molar-refractivity contribution in [2.75, 3.05) is 0 Å². The molecular weight excluding hydrogens is 392 g/mol. The molecule has 6 nitrogen and oxygen atoms in total. The van der Waals surface area contributed by atoms with Crippen LogP contribution in [0.3, 0.4) is 0 Å². The van der Waals surface area contributed by atoms with Crippen LogP contribution in [0.4, 0.5) is 4.79 Å². The molecule has 1 heterocycles. The maximum absolute atomic E-state index is 13.3. The summed E-state index contributed by atoms with van der Waals surface area (Å²) in [5.41, 5.74) is 1.79. The molecule has 1 saturated heterocycles. The molecule has 0 aromatic heterocycles. The van der Waals surface area contributed by atoms with Gasteiger partial charge in [-0.3, -0.25) is 19.8 Å². The van der Waals surface area contributed by atoms with Crippen LogP contribution < -0.4 is 5.32 Å². The molecule has 1 aromatic rings. The van der Waals surface area contributed by atoms with Crippen molar-refractivity contribution in [3.05, 3.63) is 28.8 Å². The van der Waals surface area contributed by atoms with Gasteiger partial charge in [-0.1, -0.05) is 72.9 Å². The molecule has 2 aliphatic rings. The van der Waals surface area contributed by atoms with Crippen molar-refractivity contribution >= 4 is 17.8 Å². The molecule has 31 heavy (non-hydrogen) atoms. The summed E-state index contributed by atoms with van der Waals surface area (Å²) in [5, 5.41) is 13.3. The van der Waals surface area contributed by atoms with Crippen molar-refractivity contribution in [3.63, 3.8) is 0 Å². The molecule has 6 heteroatoms. The van der Waals surface area contributed by atoms with Crippen molar-refractivity contribution in [2.45, 2.75) is 96.9 Å². The van der Waals surface area contributed by atoms with Crippen molar-refractivity contribution < 1.29 is 19.5 Å². The Morgan fingerprint density at radius 3 is 1.94 bits per heavy atom. The van der Waals surface area contributed by atoms with Crippen molar-refractivity contribution in [1.29, 1.82) is 0 Å². The van der Waals surface area contributed by atoms with Gasteiger partial charge in [0.05, 0.1) is 0 Å². The van der Waals surface area contributed by atoms with E-state index in [-0.39, 0.29) is 29.0 Å². The average molecular weight is 429 g/mol. The van der Waals surface area contributed by atoms with Crippen LogP contribution in [0, 0.1) is 5.92 Å². The van der Waals surface area contributed by atoms with Gasteiger partial charge in [0.25, 0.3) is 0 Å². The summed E-state index contributed by atoms with van der Waals surface area (Å²) in [6.45, 7) is 12.2. The lowest BCUT2D eigenvalue weighted by Gasteiger charge is -2.37. The number of amides is 4. The first kappa shape index (κ1) is 23.3. The number of carbonyl (C=O) groups excluding carboxylic acids is 3. The first-order valence-corrected chi connectivity index (χ1v) is 11.4. The van der Waals surface area contributed by atoms with Gasteiger partial charge in [0, 0.05) is 6.04 Å². The van der Waals surface area contributed by atoms with Crippen molar-refractivity contribution in [1.82, 2.24) is 10.2 Å². The zero-order valence-electron chi connectivity index (χ0n) is 19.7. The summed E-state index contributed by atoms with van der Waals surface area (Å²) in [6.07, 6.45) is 4.88. The Hall–Kier alpha value is -2.37. The second-order valence-corrected chi connectivity index (χ2v) is 11.1. The second-order valence-electron chi connectivity index (χ2n) is 11.1. The monoisotopic (exact) mass is 428 g/mol. The van der Waals surface area contributed by atoms with Crippen LogP contribution in [0.5, 0.6) is 5.75 Å². The van der Waals surface area contributed by atoms with E-state index in [4.69, 9.17) is 0 Å². The number of hydrogen-bond acceptors (Lipinski definition) is 4. The van der Waals surface area contributed by atoms with Crippen LogP contribution >= 0.6 is 0 Å². The molecule has 0 radical (unpaired) electrons. The standard InChI is InChI=1S/C25H36N2O4/c1-24(2,3)18-13-15(14-19(20(18)28)25(4,5)6)12-17-21(29)26-23(31)27(22(17)30)16-10-8-7-9-11-16/h13-14,16-17,28H,7-12H2,1-6H3,(H,26,29,31). The van der Waals surface area contributed by atoms with Crippen LogP contribution in [0.15, 0.2) is 12.1 Å². The number of rotatable bonds is 3. The minimum Gasteiger partial charge on any atom is -0.507 e. The highest BCUT2D eigenvalue weighted by Crippen LogP contribution is 2.40. The third kappa shape index (κ3) is 4.78. The molecule has 1 saturated carbocycles. The van der Waals surface area contributed by atoms with Gasteiger partial charge >= 0.3 is 6.03 Å². The molecule has 1 aromatic carbocycles. The summed E-state index contributed by atoms with van der Waals surface area (Å²) in [4.78, 5) is 39.7. The van der Waals surface area contributed by atoms with Crippen LogP contribution in [-0.2, 0) is 26.8 Å². The summed E-state index contributed by atoms with van der Waals surface area (Å²) >= 11 is 0. The maximum Gasteiger partial charge on any atom is 0.331 e. The van der Waals surface area contributed by atoms with Crippen LogP contribution in [-0.4, -0.2) is 33.9 Å². The summed E-state index contributed by atoms with van der Waals surface area (Å²) in [7, 11) is 0. The van der Waals surface area contributed by atoms with Crippen LogP contribution in [0.2, 0.25) is 0 Å². The molecule has 3 rings (SSSR count). The molecule has 2 fully saturated rings. The Labute approximate surface area is 185 Å². The second kappa shape index (κ2) is 8.29. The number of benzene rings is 1. The lowest BCUT2D eigenvalue weighted by molar-refractivity contribution is -0.144. The number of nitrogens with zero attached hydrogens (tertiary/aromatic N) is 1. The Morgan fingerprint density at radius 1 is 0.935 bits per heavy atom. The number of hydrogen-bond donors (Lipinski definition) is 2. The predicted molar refractivity (Wildman–Crippen MR) is 120 cm³/mol. The molecule has 0 spiro atoms. The quantitative estimate of drug-likeness (QED) is 0.691. The fourth-order valence-corrected chi connectivity index (χ4v) is 4.69. The van der Waals surface area contributed by atoms with Gasteiger partial charge < -0.3 is 5.11 Å². The van der Waals surface area contributed by atoms with Crippen molar-refractivity contribution in [2.24, 2.45) is 5.92 Å². The van der Waals surface area contributed by atoms with Gasteiger partial charge in [-0.2, -0.15) is 0 Å². The minimum absolute atomic E-state index is 0.132. The summed E-state index contributed by atoms with van der Waals surface area (Å²) in [5.74, 6) is -1.61. The number of barbiturate groups is 1. The van der Waals surface area contributed by atoms with Gasteiger partial charge in [-0.15, -0.1) is 0 Å². The Bertz CT molecular complexity index is 851. The highest BCUT2D eigenvalue weighted by atomic mass is 16.3. The highest BCUT2D eigenvalue weighted by molar-refractivity contribution is 6.16. The Kier molecular flexibility index (Phi) is 6.23. The van der Waals surface area contributed by atoms with Crippen LogP contribution in [0.25, 0.3) is 0 Å². The molecule has 1 aliphatic carbocycles. The number of phenols is 1. The molecule has 1 unspecified atom stereocenters. The number of urea groups is 1. The zero-order chi connectivity index (χ0) is 23.1. The maximum atomic E-state index is 13.3. The first-order valence-electron chi connectivity index (χ1n) is 11.4. The largest absolute Gasteiger partial charge is 0.507 e. The number of phenolic OH excluding ortho intramolecular Hbond substituents is 1. The number of nitrogens with one attached hydrogen (secondary N) is 1. The van der Waals surface area contributed by atoms with E-state index in [1.807, 2.05) is 53.7 Å². The molecule has 2 N–H and O–H groups in total. The number of imide groups is 2. The third-order valence-corrected chi connectivity index (χ3v) is 6.47. The average Bonchev–Trinajstić information content (AvgIpc) is 2.65. The Balaban J connectivity index is 1.97. The van der Waals surface area contributed by atoms with E-state index in [1.165, 1.54) is 4.90 Å². The molecule has 170 valence electrons. The van der Waals surface area contributed by atoms with Gasteiger partial charge in [-0.05, 0) is 46.8 Å². The van der Waals surface area contributed by atoms with Gasteiger partial charge in [-0.25, -0.2) is 4.79 Å². The first-order chi connectivity index (χ1) is 14.3. The van der Waals surface area contributed by atoms with Crippen LogP contribution in [0.1, 0.15) is 90.3 Å². The number of carbonyl (C=O) groups is 3. The minimum atomic E-state index is -0.940. The van der Waals surface area contributed by atoms with E-state index in [0.717, 1.165) is 48.8 Å². The van der Waals surface area contributed by atoms with Gasteiger partial charge in [0.15, 0.2) is 0 Å². The third-order valence-electron chi connectivity index (χ3n) is 6.47. The molecule has 0 bridgehead atoms. The van der Waals surface area contributed by atoms with Crippen molar-refractivity contribution in [3.8, 4) is 5.75 Å². The lowest BCUT2D eigenvalue weighted by Crippen LogP contribution is -2.61. The fraction of sp³-hybridized carbons (Fsp3) is 0.640. The van der Waals surface area contributed by atoms with Gasteiger partial charge in [0.1, 0.15) is 11.7 Å². The summed E-state index contributed by atoms with van der Waals surface area (Å²) < 4.78 is 0. The molecule has 4 amide bonds. The highest BCUT2D eigenvalue weighted by Gasteiger charge is 2.44. The SMILES string of the molecule is CC(C)(C)c1cc(CC2C(=O)NC(=O)N(C3CCCCC3)C2=O)cc(C(C)(C)C)c1O. The van der Waals surface area contributed by atoms with Gasteiger partial charge in [0.2, 0.25) is 11.8 Å². The lowest BCUT2D eigenvalue weighted by atomic mass is 9.77. The predicted octanol–water partition coefficient (Wildman–Crippen LogP) is 4.56. The van der Waals surface area contributed by atoms with E-state index in [1.54, 1.807) is 0 Å². The molecular formula is C25H36N2O4. The Morgan fingerprint density at radius 2 is 1.45 bits per heavy atom. The molecule has 1 aliphatic heterocycles. The van der Waals surface area contributed by atoms with E-state index in [0.29, 0.717) is 0 Å². The van der Waals surface area contributed by atoms with E-state index in [2.05, 4.69) is 5.32 Å². The van der Waals surface area contributed by atoms with E-state index in [9.17, 15) is 19.5 Å². The van der Waals surface area contributed by atoms with E-state index < -0.39 is 23.8 Å². The molecule has 1 atom stereocenters. The topological polar surface area (TPSA) is 86.7 Å². The fourth-order valence-electron chi connectivity index (χ4n) is 4.69. The normalized spacial score (nSPS) is 21.4. The summed E-state index contributed by atoms with van der Waals surface area (Å²) in [6, 6.07) is 3.07. The zero-order valence-corrected chi connectivity index (χ0v) is 19.7.